The molecule has 0 aliphatic heterocycles. The maximum absolute atomic E-state index is 8.92. The molecular weight excluding hydrogens is 174 g/mol. The van der Waals surface area contributed by atoms with E-state index in [1.807, 2.05) is 18.2 Å². The Balaban J connectivity index is 2.53. The molecule has 0 radical (unpaired) electrons. The Morgan fingerprint density at radius 3 is 3.00 bits per heavy atom. The van der Waals surface area contributed by atoms with Gasteiger partial charge in [-0.2, -0.15) is 5.26 Å². The topological polar surface area (TPSA) is 33.0 Å². The molecule has 0 atom stereocenters. The molecule has 1 aromatic rings. The van der Waals surface area contributed by atoms with Crippen LogP contribution in [0, 0.1) is 11.3 Å². The van der Waals surface area contributed by atoms with Crippen molar-refractivity contribution >= 4 is 5.57 Å². The maximum Gasteiger partial charge on any atom is 0.0994 e. The van der Waals surface area contributed by atoms with E-state index in [2.05, 4.69) is 6.07 Å². The number of benzene rings is 1. The molecule has 0 aromatic heterocycles. The van der Waals surface area contributed by atoms with Gasteiger partial charge >= 0.3 is 0 Å². The minimum absolute atomic E-state index is 0.794. The molecule has 0 unspecified atom stereocenters. The zero-order valence-corrected chi connectivity index (χ0v) is 8.08. The maximum atomic E-state index is 8.92. The average Bonchev–Trinajstić information content (AvgIpc) is 2.62. The summed E-state index contributed by atoms with van der Waals surface area (Å²) in [6.45, 7) is 0. The Hall–Kier alpha value is -1.75. The second-order valence-corrected chi connectivity index (χ2v) is 3.32. The van der Waals surface area contributed by atoms with Crippen molar-refractivity contribution in [2.75, 3.05) is 7.11 Å². The van der Waals surface area contributed by atoms with Gasteiger partial charge in [-0.25, -0.2) is 0 Å². The smallest absolute Gasteiger partial charge is 0.0994 e. The van der Waals surface area contributed by atoms with Crippen LogP contribution in [-0.4, -0.2) is 7.11 Å². The van der Waals surface area contributed by atoms with Crippen LogP contribution in [0.5, 0.6) is 0 Å². The Bertz CT molecular complexity index is 426. The molecule has 0 saturated heterocycles. The van der Waals surface area contributed by atoms with Gasteiger partial charge in [0, 0.05) is 0 Å². The monoisotopic (exact) mass is 185 g/mol. The van der Waals surface area contributed by atoms with Gasteiger partial charge in [0.15, 0.2) is 0 Å². The third-order valence-electron chi connectivity index (χ3n) is 2.55. The average molecular weight is 185 g/mol. The number of nitriles is 1. The lowest BCUT2D eigenvalue weighted by Gasteiger charge is -2.01. The number of methoxy groups -OCH3 is 1. The van der Waals surface area contributed by atoms with Crippen molar-refractivity contribution < 1.29 is 4.74 Å². The van der Waals surface area contributed by atoms with Crippen molar-refractivity contribution in [3.05, 3.63) is 41.2 Å². The highest BCUT2D eigenvalue weighted by atomic mass is 16.5. The zero-order valence-electron chi connectivity index (χ0n) is 8.08. The Labute approximate surface area is 83.4 Å². The van der Waals surface area contributed by atoms with E-state index in [0.29, 0.717) is 0 Å². The van der Waals surface area contributed by atoms with Crippen molar-refractivity contribution in [3.8, 4) is 6.07 Å². The standard InChI is InChI=1S/C12H11NO/c1-14-8-10-5-6-12-9(7-13)3-2-4-11(10)12/h2-4,8H,5-6H2,1H3/b10-8+. The molecule has 70 valence electrons. The normalized spacial score (nSPS) is 16.4. The number of ether oxygens (including phenoxy) is 1. The molecule has 1 aromatic carbocycles. The fourth-order valence-corrected chi connectivity index (χ4v) is 1.92. The third-order valence-corrected chi connectivity index (χ3v) is 2.55. The highest BCUT2D eigenvalue weighted by Crippen LogP contribution is 2.33. The van der Waals surface area contributed by atoms with Crippen molar-refractivity contribution in [1.82, 2.24) is 0 Å². The largest absolute Gasteiger partial charge is 0.504 e. The molecule has 1 aliphatic rings. The van der Waals surface area contributed by atoms with E-state index in [-0.39, 0.29) is 0 Å². The second-order valence-electron chi connectivity index (χ2n) is 3.32. The van der Waals surface area contributed by atoms with E-state index in [1.54, 1.807) is 13.4 Å². The van der Waals surface area contributed by atoms with Gasteiger partial charge in [-0.05, 0) is 35.6 Å². The van der Waals surface area contributed by atoms with Crippen LogP contribution >= 0.6 is 0 Å². The van der Waals surface area contributed by atoms with Crippen LogP contribution in [0.15, 0.2) is 24.5 Å². The van der Waals surface area contributed by atoms with Gasteiger partial charge in [0.25, 0.3) is 0 Å². The minimum Gasteiger partial charge on any atom is -0.504 e. The lowest BCUT2D eigenvalue weighted by molar-refractivity contribution is 0.339. The molecule has 0 N–H and O–H groups in total. The van der Waals surface area contributed by atoms with Gasteiger partial charge in [0.1, 0.15) is 0 Å². The van der Waals surface area contributed by atoms with E-state index in [9.17, 15) is 0 Å². The molecule has 0 fully saturated rings. The van der Waals surface area contributed by atoms with Crippen LogP contribution in [-0.2, 0) is 11.2 Å². The lowest BCUT2D eigenvalue weighted by Crippen LogP contribution is -1.86. The van der Waals surface area contributed by atoms with Gasteiger partial charge in [-0.1, -0.05) is 12.1 Å². The molecule has 0 bridgehead atoms. The van der Waals surface area contributed by atoms with Crippen LogP contribution in [0.4, 0.5) is 0 Å². The number of nitrogens with zero attached hydrogens (tertiary/aromatic N) is 1. The first-order valence-electron chi connectivity index (χ1n) is 4.61. The van der Waals surface area contributed by atoms with Crippen LogP contribution in [0.1, 0.15) is 23.1 Å². The van der Waals surface area contributed by atoms with Crippen molar-refractivity contribution in [2.45, 2.75) is 12.8 Å². The number of hydrogen-bond acceptors (Lipinski definition) is 2. The fraction of sp³-hybridized carbons (Fsp3) is 0.250. The number of rotatable bonds is 1. The number of hydrogen-bond donors (Lipinski definition) is 0. The van der Waals surface area contributed by atoms with Gasteiger partial charge < -0.3 is 4.74 Å². The second kappa shape index (κ2) is 3.55. The van der Waals surface area contributed by atoms with Crippen LogP contribution < -0.4 is 0 Å². The molecule has 1 aliphatic carbocycles. The molecule has 0 saturated carbocycles. The summed E-state index contributed by atoms with van der Waals surface area (Å²) in [5, 5.41) is 8.92. The Morgan fingerprint density at radius 1 is 1.43 bits per heavy atom. The van der Waals surface area contributed by atoms with E-state index in [4.69, 9.17) is 10.00 Å². The van der Waals surface area contributed by atoms with Gasteiger partial charge in [-0.15, -0.1) is 0 Å². The molecule has 2 nitrogen and oxygen atoms in total. The quantitative estimate of drug-likeness (QED) is 0.630. The molecule has 2 rings (SSSR count). The molecule has 0 amide bonds. The highest BCUT2D eigenvalue weighted by molar-refractivity contribution is 5.73. The fourth-order valence-electron chi connectivity index (χ4n) is 1.92. The van der Waals surface area contributed by atoms with Crippen LogP contribution in [0.2, 0.25) is 0 Å². The first kappa shape index (κ1) is 8.83. The van der Waals surface area contributed by atoms with Crippen molar-refractivity contribution in [1.29, 1.82) is 5.26 Å². The summed E-state index contributed by atoms with van der Waals surface area (Å²) < 4.78 is 5.01. The van der Waals surface area contributed by atoms with Gasteiger partial charge in [0.2, 0.25) is 0 Å². The number of fused-ring (bicyclic) bond motifs is 1. The van der Waals surface area contributed by atoms with Gasteiger partial charge in [0.05, 0.1) is 25.0 Å². The summed E-state index contributed by atoms with van der Waals surface area (Å²) in [7, 11) is 1.65. The van der Waals surface area contributed by atoms with Gasteiger partial charge in [-0.3, -0.25) is 0 Å². The summed E-state index contributed by atoms with van der Waals surface area (Å²) >= 11 is 0. The van der Waals surface area contributed by atoms with E-state index in [1.165, 1.54) is 16.7 Å². The Kier molecular flexibility index (Phi) is 2.24. The van der Waals surface area contributed by atoms with Crippen LogP contribution in [0.3, 0.4) is 0 Å². The SMILES string of the molecule is CO/C=C1\CCc2c(C#N)cccc21. The predicted octanol–water partition coefficient (Wildman–Crippen LogP) is 2.49. The molecule has 2 heteroatoms. The zero-order chi connectivity index (χ0) is 9.97. The first-order chi connectivity index (χ1) is 6.86. The summed E-state index contributed by atoms with van der Waals surface area (Å²) in [6.07, 6.45) is 3.70. The summed E-state index contributed by atoms with van der Waals surface area (Å²) in [6, 6.07) is 8.06. The van der Waals surface area contributed by atoms with E-state index >= 15 is 0 Å². The molecule has 0 heterocycles. The third kappa shape index (κ3) is 1.27. The van der Waals surface area contributed by atoms with E-state index in [0.717, 1.165) is 18.4 Å². The summed E-state index contributed by atoms with van der Waals surface area (Å²) in [4.78, 5) is 0. The lowest BCUT2D eigenvalue weighted by atomic mass is 10.0. The summed E-state index contributed by atoms with van der Waals surface area (Å²) in [5.41, 5.74) is 4.32. The Morgan fingerprint density at radius 2 is 2.29 bits per heavy atom. The summed E-state index contributed by atoms with van der Waals surface area (Å²) in [5.74, 6) is 0. The van der Waals surface area contributed by atoms with Crippen LogP contribution in [0.25, 0.3) is 5.57 Å². The van der Waals surface area contributed by atoms with Crippen molar-refractivity contribution in [2.24, 2.45) is 0 Å². The number of allylic oxidation sites excluding steroid dienone is 1. The van der Waals surface area contributed by atoms with Crippen molar-refractivity contribution in [3.63, 3.8) is 0 Å². The molecular formula is C12H11NO. The van der Waals surface area contributed by atoms with E-state index < -0.39 is 0 Å². The predicted molar refractivity (Wildman–Crippen MR) is 54.5 cm³/mol. The molecule has 0 spiro atoms. The molecule has 14 heavy (non-hydrogen) atoms. The first-order valence-corrected chi connectivity index (χ1v) is 4.61. The minimum atomic E-state index is 0.794. The highest BCUT2D eigenvalue weighted by Gasteiger charge is 2.18.